The predicted molar refractivity (Wildman–Crippen MR) is 89.1 cm³/mol. The van der Waals surface area contributed by atoms with Crippen molar-refractivity contribution in [3.63, 3.8) is 0 Å². The maximum atomic E-state index is 11.9. The normalized spacial score (nSPS) is 10.2. The van der Waals surface area contributed by atoms with Gasteiger partial charge in [-0.3, -0.25) is 10.1 Å². The minimum atomic E-state index is -0.707. The summed E-state index contributed by atoms with van der Waals surface area (Å²) in [7, 11) is 0. The molecule has 0 radical (unpaired) electrons. The summed E-state index contributed by atoms with van der Waals surface area (Å²) >= 11 is 17.9. The number of anilines is 1. The number of rotatable bonds is 2. The van der Waals surface area contributed by atoms with Crippen LogP contribution in [0, 0.1) is 6.92 Å². The molecule has 0 unspecified atom stereocenters. The monoisotopic (exact) mass is 356 g/mol. The van der Waals surface area contributed by atoms with Crippen LogP contribution in [0.15, 0.2) is 36.4 Å². The van der Waals surface area contributed by atoms with Crippen molar-refractivity contribution >= 4 is 52.4 Å². The van der Waals surface area contributed by atoms with E-state index in [-0.39, 0.29) is 10.6 Å². The third kappa shape index (κ3) is 3.91. The summed E-state index contributed by atoms with van der Waals surface area (Å²) in [6, 6.07) is 8.80. The van der Waals surface area contributed by atoms with E-state index in [2.05, 4.69) is 10.6 Å². The van der Waals surface area contributed by atoms with Crippen LogP contribution in [-0.2, 0) is 0 Å². The van der Waals surface area contributed by atoms with Gasteiger partial charge in [-0.1, -0.05) is 46.9 Å². The Morgan fingerprint density at radius 1 is 0.955 bits per heavy atom. The van der Waals surface area contributed by atoms with Crippen molar-refractivity contribution in [2.75, 3.05) is 5.32 Å². The van der Waals surface area contributed by atoms with Crippen molar-refractivity contribution in [1.29, 1.82) is 0 Å². The quantitative estimate of drug-likeness (QED) is 0.801. The van der Waals surface area contributed by atoms with Crippen LogP contribution in [-0.4, -0.2) is 11.9 Å². The average molecular weight is 358 g/mol. The highest BCUT2D eigenvalue weighted by Gasteiger charge is 2.14. The van der Waals surface area contributed by atoms with Gasteiger partial charge in [0.25, 0.3) is 5.91 Å². The SMILES string of the molecule is Cc1c(Cl)cc(NC(=O)NC(=O)c2ccccc2Cl)cc1Cl. The van der Waals surface area contributed by atoms with Gasteiger partial charge < -0.3 is 5.32 Å². The smallest absolute Gasteiger partial charge is 0.308 e. The summed E-state index contributed by atoms with van der Waals surface area (Å²) in [5.41, 5.74) is 1.30. The maximum Gasteiger partial charge on any atom is 0.326 e. The van der Waals surface area contributed by atoms with Crippen LogP contribution in [0.3, 0.4) is 0 Å². The molecule has 0 spiro atoms. The van der Waals surface area contributed by atoms with Gasteiger partial charge in [0.05, 0.1) is 10.6 Å². The standard InChI is InChI=1S/C15H11Cl3N2O2/c1-8-12(17)6-9(7-13(8)18)19-15(22)20-14(21)10-4-2-3-5-11(10)16/h2-7H,1H3,(H2,19,20,21,22). The minimum Gasteiger partial charge on any atom is -0.308 e. The van der Waals surface area contributed by atoms with Crippen molar-refractivity contribution in [3.8, 4) is 0 Å². The topological polar surface area (TPSA) is 58.2 Å². The Morgan fingerprint density at radius 3 is 2.14 bits per heavy atom. The van der Waals surface area contributed by atoms with E-state index in [1.807, 2.05) is 0 Å². The van der Waals surface area contributed by atoms with Crippen LogP contribution in [0.25, 0.3) is 0 Å². The molecule has 2 rings (SSSR count). The van der Waals surface area contributed by atoms with E-state index < -0.39 is 11.9 Å². The fourth-order valence-corrected chi connectivity index (χ4v) is 2.40. The first-order chi connectivity index (χ1) is 10.4. The van der Waals surface area contributed by atoms with E-state index in [1.165, 1.54) is 6.07 Å². The molecule has 0 atom stereocenters. The van der Waals surface area contributed by atoms with E-state index in [0.717, 1.165) is 0 Å². The molecule has 2 N–H and O–H groups in total. The van der Waals surface area contributed by atoms with Crippen molar-refractivity contribution in [2.24, 2.45) is 0 Å². The van der Waals surface area contributed by atoms with Gasteiger partial charge in [-0.25, -0.2) is 4.79 Å². The average Bonchev–Trinajstić information content (AvgIpc) is 2.44. The number of halogens is 3. The first kappa shape index (κ1) is 16.6. The summed E-state index contributed by atoms with van der Waals surface area (Å²) < 4.78 is 0. The van der Waals surface area contributed by atoms with Crippen molar-refractivity contribution in [2.45, 2.75) is 6.92 Å². The van der Waals surface area contributed by atoms with Crippen LogP contribution < -0.4 is 10.6 Å². The Balaban J connectivity index is 2.08. The predicted octanol–water partition coefficient (Wildman–Crippen LogP) is 4.92. The number of amides is 3. The van der Waals surface area contributed by atoms with Gasteiger partial charge in [-0.2, -0.15) is 0 Å². The lowest BCUT2D eigenvalue weighted by Gasteiger charge is -2.10. The van der Waals surface area contributed by atoms with Gasteiger partial charge in [-0.05, 0) is 36.8 Å². The molecule has 0 heterocycles. The molecule has 7 heteroatoms. The summed E-state index contributed by atoms with van der Waals surface area (Å²) in [5, 5.41) is 5.76. The molecule has 0 aliphatic rings. The molecule has 0 saturated heterocycles. The van der Waals surface area contributed by atoms with E-state index in [4.69, 9.17) is 34.8 Å². The third-order valence-corrected chi connectivity index (χ3v) is 4.00. The number of hydrogen-bond acceptors (Lipinski definition) is 2. The molecule has 4 nitrogen and oxygen atoms in total. The highest BCUT2D eigenvalue weighted by atomic mass is 35.5. The van der Waals surface area contributed by atoms with E-state index in [1.54, 1.807) is 37.3 Å². The molecule has 0 fully saturated rings. The molecule has 0 bridgehead atoms. The number of urea groups is 1. The molecule has 0 aliphatic carbocycles. The van der Waals surface area contributed by atoms with Gasteiger partial charge in [0.1, 0.15) is 0 Å². The molecule has 2 aromatic rings. The minimum absolute atomic E-state index is 0.208. The molecule has 0 saturated carbocycles. The summed E-state index contributed by atoms with van der Waals surface area (Å²) in [6.07, 6.45) is 0. The van der Waals surface area contributed by atoms with E-state index in [9.17, 15) is 9.59 Å². The number of hydrogen-bond donors (Lipinski definition) is 2. The zero-order valence-corrected chi connectivity index (χ0v) is 13.7. The molecule has 0 aromatic heterocycles. The van der Waals surface area contributed by atoms with Gasteiger partial charge in [-0.15, -0.1) is 0 Å². The van der Waals surface area contributed by atoms with Gasteiger partial charge in [0.15, 0.2) is 0 Å². The number of imide groups is 1. The Bertz CT molecular complexity index is 724. The lowest BCUT2D eigenvalue weighted by molar-refractivity contribution is 0.0967. The Kier molecular flexibility index (Phi) is 5.29. The second-order valence-electron chi connectivity index (χ2n) is 4.45. The van der Waals surface area contributed by atoms with Crippen LogP contribution in [0.5, 0.6) is 0 Å². The first-order valence-corrected chi connectivity index (χ1v) is 7.34. The van der Waals surface area contributed by atoms with Gasteiger partial charge in [0.2, 0.25) is 0 Å². The van der Waals surface area contributed by atoms with Gasteiger partial charge in [0, 0.05) is 15.7 Å². The van der Waals surface area contributed by atoms with Crippen molar-refractivity contribution in [1.82, 2.24) is 5.32 Å². The van der Waals surface area contributed by atoms with Crippen LogP contribution >= 0.6 is 34.8 Å². The zero-order chi connectivity index (χ0) is 16.3. The molecular formula is C15H11Cl3N2O2. The molecule has 0 aliphatic heterocycles. The fourth-order valence-electron chi connectivity index (χ4n) is 1.70. The Morgan fingerprint density at radius 2 is 1.55 bits per heavy atom. The fraction of sp³-hybridized carbons (Fsp3) is 0.0667. The van der Waals surface area contributed by atoms with Crippen molar-refractivity contribution in [3.05, 3.63) is 62.6 Å². The number of carbonyl (C=O) groups excluding carboxylic acids is 2. The largest absolute Gasteiger partial charge is 0.326 e. The summed E-state index contributed by atoms with van der Waals surface area (Å²) in [5.74, 6) is -0.604. The highest BCUT2D eigenvalue weighted by Crippen LogP contribution is 2.28. The molecular weight excluding hydrogens is 347 g/mol. The number of carbonyl (C=O) groups is 2. The number of nitrogens with one attached hydrogen (secondary N) is 2. The Hall–Kier alpha value is -1.75. The molecule has 22 heavy (non-hydrogen) atoms. The lowest BCUT2D eigenvalue weighted by Crippen LogP contribution is -2.34. The van der Waals surface area contributed by atoms with E-state index >= 15 is 0 Å². The summed E-state index contributed by atoms with van der Waals surface area (Å²) in [6.45, 7) is 1.76. The molecule has 2 aromatic carbocycles. The zero-order valence-electron chi connectivity index (χ0n) is 11.4. The molecule has 3 amide bonds. The second-order valence-corrected chi connectivity index (χ2v) is 5.67. The highest BCUT2D eigenvalue weighted by molar-refractivity contribution is 6.36. The van der Waals surface area contributed by atoms with Crippen molar-refractivity contribution < 1.29 is 9.59 Å². The summed E-state index contributed by atoms with van der Waals surface area (Å²) in [4.78, 5) is 23.8. The van der Waals surface area contributed by atoms with Crippen LogP contribution in [0.2, 0.25) is 15.1 Å². The number of benzene rings is 2. The van der Waals surface area contributed by atoms with E-state index in [0.29, 0.717) is 21.3 Å². The van der Waals surface area contributed by atoms with Crippen LogP contribution in [0.1, 0.15) is 15.9 Å². The maximum absolute atomic E-state index is 11.9. The first-order valence-electron chi connectivity index (χ1n) is 6.21. The van der Waals surface area contributed by atoms with Gasteiger partial charge >= 0.3 is 6.03 Å². The lowest BCUT2D eigenvalue weighted by atomic mass is 10.2. The second kappa shape index (κ2) is 7.01. The molecule has 114 valence electrons. The Labute approximate surface area is 142 Å². The van der Waals surface area contributed by atoms with Crippen LogP contribution in [0.4, 0.5) is 10.5 Å². The third-order valence-electron chi connectivity index (χ3n) is 2.88.